The summed E-state index contributed by atoms with van der Waals surface area (Å²) < 4.78 is 0. The molecule has 0 radical (unpaired) electrons. The van der Waals surface area contributed by atoms with Crippen LogP contribution in [0.3, 0.4) is 0 Å². The molecule has 0 bridgehead atoms. The minimum absolute atomic E-state index is 0.239. The molecule has 0 amide bonds. The molecular formula is C8H12N4. The molecule has 1 aromatic rings. The average molecular weight is 164 g/mol. The second-order valence-corrected chi connectivity index (χ2v) is 3.51. The molecule has 1 aromatic heterocycles. The summed E-state index contributed by atoms with van der Waals surface area (Å²) in [6, 6.07) is 0. The van der Waals surface area contributed by atoms with Crippen LogP contribution in [0.25, 0.3) is 0 Å². The van der Waals surface area contributed by atoms with Gasteiger partial charge in [0.1, 0.15) is 11.6 Å². The molecule has 3 N–H and O–H groups in total. The maximum absolute atomic E-state index is 5.48. The Balaban J connectivity index is 2.12. The molecule has 1 saturated carbocycles. The molecule has 1 fully saturated rings. The fourth-order valence-corrected chi connectivity index (χ4v) is 1.06. The molecule has 0 atom stereocenters. The number of hydrogen-bond donors (Lipinski definition) is 2. The smallest absolute Gasteiger partial charge is 0.147 e. The monoisotopic (exact) mass is 164 g/mol. The van der Waals surface area contributed by atoms with Gasteiger partial charge < -0.3 is 11.1 Å². The summed E-state index contributed by atoms with van der Waals surface area (Å²) in [5.41, 5.74) is 5.72. The maximum atomic E-state index is 5.48. The zero-order valence-corrected chi connectivity index (χ0v) is 7.04. The highest BCUT2D eigenvalue weighted by atomic mass is 15.1. The van der Waals surface area contributed by atoms with E-state index in [0.29, 0.717) is 5.82 Å². The first-order valence-electron chi connectivity index (χ1n) is 4.04. The van der Waals surface area contributed by atoms with Crippen LogP contribution in [0.2, 0.25) is 0 Å². The van der Waals surface area contributed by atoms with Crippen LogP contribution in [-0.4, -0.2) is 15.5 Å². The predicted molar refractivity (Wildman–Crippen MR) is 47.7 cm³/mol. The summed E-state index contributed by atoms with van der Waals surface area (Å²) in [6.07, 6.45) is 5.63. The Labute approximate surface area is 71.2 Å². The number of aromatic nitrogens is 2. The molecule has 64 valence electrons. The topological polar surface area (TPSA) is 63.8 Å². The second-order valence-electron chi connectivity index (χ2n) is 3.51. The fraction of sp³-hybridized carbons (Fsp3) is 0.500. The number of hydrogen-bond acceptors (Lipinski definition) is 4. The number of nitrogens with zero attached hydrogens (tertiary/aromatic N) is 2. The first-order chi connectivity index (χ1) is 5.68. The van der Waals surface area contributed by atoms with Crippen LogP contribution in [0.4, 0.5) is 11.6 Å². The first-order valence-corrected chi connectivity index (χ1v) is 4.04. The maximum Gasteiger partial charge on any atom is 0.147 e. The Morgan fingerprint density at radius 2 is 2.25 bits per heavy atom. The molecule has 1 aliphatic carbocycles. The van der Waals surface area contributed by atoms with Gasteiger partial charge >= 0.3 is 0 Å². The lowest BCUT2D eigenvalue weighted by Crippen LogP contribution is -2.17. The Kier molecular flexibility index (Phi) is 1.43. The molecule has 4 nitrogen and oxygen atoms in total. The molecular weight excluding hydrogens is 152 g/mol. The molecule has 12 heavy (non-hydrogen) atoms. The minimum atomic E-state index is 0.239. The van der Waals surface area contributed by atoms with Crippen molar-refractivity contribution in [1.82, 2.24) is 9.97 Å². The predicted octanol–water partition coefficient (Wildman–Crippen LogP) is 1.02. The summed E-state index contributed by atoms with van der Waals surface area (Å²) in [7, 11) is 0. The molecule has 0 saturated heterocycles. The van der Waals surface area contributed by atoms with E-state index in [9.17, 15) is 0 Å². The molecule has 0 unspecified atom stereocenters. The van der Waals surface area contributed by atoms with Gasteiger partial charge in [-0.3, -0.25) is 4.98 Å². The number of anilines is 2. The summed E-state index contributed by atoms with van der Waals surface area (Å²) in [5.74, 6) is 1.24. The van der Waals surface area contributed by atoms with Crippen LogP contribution in [0.15, 0.2) is 12.4 Å². The van der Waals surface area contributed by atoms with Crippen molar-refractivity contribution in [1.29, 1.82) is 0 Å². The highest BCUT2D eigenvalue weighted by Gasteiger charge is 2.37. The highest BCUT2D eigenvalue weighted by molar-refractivity contribution is 5.42. The lowest BCUT2D eigenvalue weighted by Gasteiger charge is -2.11. The van der Waals surface area contributed by atoms with Gasteiger partial charge in [-0.1, -0.05) is 0 Å². The van der Waals surface area contributed by atoms with E-state index >= 15 is 0 Å². The Hall–Kier alpha value is -1.32. The van der Waals surface area contributed by atoms with E-state index in [4.69, 9.17) is 5.73 Å². The SMILES string of the molecule is CC1(Nc2cncc(N)n2)CC1. The second kappa shape index (κ2) is 2.33. The molecule has 2 rings (SSSR count). The van der Waals surface area contributed by atoms with E-state index in [2.05, 4.69) is 22.2 Å². The largest absolute Gasteiger partial charge is 0.382 e. The van der Waals surface area contributed by atoms with E-state index < -0.39 is 0 Å². The third-order valence-corrected chi connectivity index (χ3v) is 2.08. The van der Waals surface area contributed by atoms with Crippen LogP contribution in [0, 0.1) is 0 Å². The Morgan fingerprint density at radius 3 is 2.83 bits per heavy atom. The van der Waals surface area contributed by atoms with Crippen molar-refractivity contribution in [3.8, 4) is 0 Å². The third-order valence-electron chi connectivity index (χ3n) is 2.08. The summed E-state index contributed by atoms with van der Waals surface area (Å²) in [4.78, 5) is 8.05. The van der Waals surface area contributed by atoms with Crippen LogP contribution in [0.5, 0.6) is 0 Å². The van der Waals surface area contributed by atoms with Gasteiger partial charge in [-0.05, 0) is 19.8 Å². The number of rotatable bonds is 2. The van der Waals surface area contributed by atoms with Gasteiger partial charge in [0.05, 0.1) is 12.4 Å². The van der Waals surface area contributed by atoms with Crippen LogP contribution < -0.4 is 11.1 Å². The molecule has 1 heterocycles. The zero-order valence-electron chi connectivity index (χ0n) is 7.04. The first kappa shape index (κ1) is 7.34. The summed E-state index contributed by atoms with van der Waals surface area (Å²) >= 11 is 0. The van der Waals surface area contributed by atoms with E-state index in [1.165, 1.54) is 12.8 Å². The van der Waals surface area contributed by atoms with Gasteiger partial charge in [0.2, 0.25) is 0 Å². The lowest BCUT2D eigenvalue weighted by molar-refractivity contribution is 0.819. The van der Waals surface area contributed by atoms with Crippen molar-refractivity contribution in [3.63, 3.8) is 0 Å². The Bertz CT molecular complexity index is 293. The fourth-order valence-electron chi connectivity index (χ4n) is 1.06. The van der Waals surface area contributed by atoms with Crippen molar-refractivity contribution >= 4 is 11.6 Å². The van der Waals surface area contributed by atoms with Gasteiger partial charge in [-0.2, -0.15) is 0 Å². The van der Waals surface area contributed by atoms with Gasteiger partial charge in [-0.15, -0.1) is 0 Å². The van der Waals surface area contributed by atoms with Crippen molar-refractivity contribution < 1.29 is 0 Å². The van der Waals surface area contributed by atoms with Crippen molar-refractivity contribution in [2.75, 3.05) is 11.1 Å². The number of nitrogen functional groups attached to an aromatic ring is 1. The third kappa shape index (κ3) is 1.47. The normalized spacial score (nSPS) is 18.8. The lowest BCUT2D eigenvalue weighted by atomic mass is 10.3. The van der Waals surface area contributed by atoms with E-state index in [1.54, 1.807) is 12.4 Å². The van der Waals surface area contributed by atoms with Gasteiger partial charge in [0, 0.05) is 5.54 Å². The van der Waals surface area contributed by atoms with Gasteiger partial charge in [-0.25, -0.2) is 4.98 Å². The van der Waals surface area contributed by atoms with Crippen molar-refractivity contribution in [2.45, 2.75) is 25.3 Å². The average Bonchev–Trinajstić information content (AvgIpc) is 2.67. The van der Waals surface area contributed by atoms with E-state index in [1.807, 2.05) is 0 Å². The van der Waals surface area contributed by atoms with Gasteiger partial charge in [0.15, 0.2) is 0 Å². The van der Waals surface area contributed by atoms with Crippen LogP contribution in [-0.2, 0) is 0 Å². The summed E-state index contributed by atoms with van der Waals surface area (Å²) in [6.45, 7) is 2.16. The minimum Gasteiger partial charge on any atom is -0.382 e. The summed E-state index contributed by atoms with van der Waals surface area (Å²) in [5, 5.41) is 3.28. The molecule has 0 aliphatic heterocycles. The quantitative estimate of drug-likeness (QED) is 0.685. The van der Waals surface area contributed by atoms with E-state index in [0.717, 1.165) is 5.82 Å². The number of nitrogens with two attached hydrogens (primary N) is 1. The van der Waals surface area contributed by atoms with Crippen molar-refractivity contribution in [2.24, 2.45) is 0 Å². The van der Waals surface area contributed by atoms with E-state index in [-0.39, 0.29) is 5.54 Å². The van der Waals surface area contributed by atoms with Crippen molar-refractivity contribution in [3.05, 3.63) is 12.4 Å². The van der Waals surface area contributed by atoms with Crippen LogP contribution >= 0.6 is 0 Å². The molecule has 0 aromatic carbocycles. The zero-order chi connectivity index (χ0) is 8.60. The highest BCUT2D eigenvalue weighted by Crippen LogP contribution is 2.37. The Morgan fingerprint density at radius 1 is 1.50 bits per heavy atom. The molecule has 4 heteroatoms. The van der Waals surface area contributed by atoms with Crippen LogP contribution in [0.1, 0.15) is 19.8 Å². The molecule has 1 aliphatic rings. The van der Waals surface area contributed by atoms with Gasteiger partial charge in [0.25, 0.3) is 0 Å². The number of nitrogens with one attached hydrogen (secondary N) is 1. The molecule has 0 spiro atoms. The standard InChI is InChI=1S/C8H12N4/c1-8(2-3-8)12-7-5-10-4-6(9)11-7/h4-5H,2-3H2,1H3,(H3,9,11,12).